The van der Waals surface area contributed by atoms with Gasteiger partial charge in [-0.3, -0.25) is 9.59 Å². The van der Waals surface area contributed by atoms with Crippen LogP contribution in [0.15, 0.2) is 30.3 Å². The van der Waals surface area contributed by atoms with E-state index in [0.717, 1.165) is 18.4 Å². The number of likely N-dealkylation sites (tertiary alicyclic amines) is 1. The van der Waals surface area contributed by atoms with E-state index in [9.17, 15) is 14.7 Å². The molecule has 0 saturated carbocycles. The van der Waals surface area contributed by atoms with Crippen molar-refractivity contribution >= 4 is 11.9 Å². The number of hydrogen-bond acceptors (Lipinski definition) is 3. The molecule has 3 aliphatic heterocycles. The van der Waals surface area contributed by atoms with Gasteiger partial charge in [0.25, 0.3) is 0 Å². The van der Waals surface area contributed by atoms with E-state index in [1.165, 1.54) is 0 Å². The van der Waals surface area contributed by atoms with Gasteiger partial charge in [0.2, 0.25) is 5.91 Å². The van der Waals surface area contributed by atoms with Crippen molar-refractivity contribution in [2.45, 2.75) is 31.1 Å². The van der Waals surface area contributed by atoms with E-state index in [4.69, 9.17) is 4.74 Å². The molecular formula is C16H17NO4. The molecular weight excluding hydrogens is 270 g/mol. The van der Waals surface area contributed by atoms with Gasteiger partial charge >= 0.3 is 5.97 Å². The standard InChI is InChI=1S/C16H17NO4/c18-14-13-12(15(19)20)11-6-7-16(13,21-11)9-17(14)8-10-4-2-1-3-5-10/h1-5,11-13H,6-9H2,(H,19,20)/t11-,12-,13+,16-/m1/s1. The molecule has 4 rings (SSSR count). The van der Waals surface area contributed by atoms with Crippen LogP contribution in [0.3, 0.4) is 0 Å². The Morgan fingerprint density at radius 1 is 1.38 bits per heavy atom. The molecule has 1 N–H and O–H groups in total. The highest BCUT2D eigenvalue weighted by Crippen LogP contribution is 2.55. The van der Waals surface area contributed by atoms with E-state index in [2.05, 4.69) is 0 Å². The van der Waals surface area contributed by atoms with Crippen molar-refractivity contribution < 1.29 is 19.4 Å². The summed E-state index contributed by atoms with van der Waals surface area (Å²) < 4.78 is 5.95. The number of ether oxygens (including phenoxy) is 1. The first-order valence-corrected chi connectivity index (χ1v) is 7.34. The molecule has 4 atom stereocenters. The molecule has 1 spiro atoms. The Balaban J connectivity index is 1.61. The summed E-state index contributed by atoms with van der Waals surface area (Å²) in [5, 5.41) is 9.42. The quantitative estimate of drug-likeness (QED) is 0.909. The number of hydrogen-bond donors (Lipinski definition) is 1. The maximum Gasteiger partial charge on any atom is 0.310 e. The summed E-state index contributed by atoms with van der Waals surface area (Å²) in [6.45, 7) is 1.05. The number of benzene rings is 1. The van der Waals surface area contributed by atoms with Gasteiger partial charge in [-0.25, -0.2) is 0 Å². The lowest BCUT2D eigenvalue weighted by atomic mass is 9.73. The number of amides is 1. The number of carbonyl (C=O) groups is 2. The number of aliphatic carboxylic acids is 1. The van der Waals surface area contributed by atoms with Crippen molar-refractivity contribution in [1.82, 2.24) is 4.90 Å². The maximum atomic E-state index is 12.7. The first kappa shape index (κ1) is 12.8. The lowest BCUT2D eigenvalue weighted by Crippen LogP contribution is -2.41. The topological polar surface area (TPSA) is 66.8 Å². The Hall–Kier alpha value is -1.88. The molecule has 0 unspecified atom stereocenters. The molecule has 110 valence electrons. The van der Waals surface area contributed by atoms with Crippen LogP contribution in [0.2, 0.25) is 0 Å². The van der Waals surface area contributed by atoms with Gasteiger partial charge in [0.1, 0.15) is 0 Å². The summed E-state index contributed by atoms with van der Waals surface area (Å²) in [5.41, 5.74) is 0.503. The van der Waals surface area contributed by atoms with Gasteiger partial charge < -0.3 is 14.7 Å². The molecule has 2 bridgehead atoms. The van der Waals surface area contributed by atoms with Gasteiger partial charge in [-0.1, -0.05) is 30.3 Å². The largest absolute Gasteiger partial charge is 0.481 e. The minimum Gasteiger partial charge on any atom is -0.481 e. The average Bonchev–Trinajstić information content (AvgIpc) is 3.09. The molecule has 3 heterocycles. The Bertz CT molecular complexity index is 602. The van der Waals surface area contributed by atoms with E-state index < -0.39 is 23.4 Å². The molecule has 5 nitrogen and oxygen atoms in total. The van der Waals surface area contributed by atoms with Gasteiger partial charge in [0.05, 0.1) is 30.1 Å². The van der Waals surface area contributed by atoms with Crippen LogP contribution < -0.4 is 0 Å². The van der Waals surface area contributed by atoms with Crippen molar-refractivity contribution in [3.05, 3.63) is 35.9 Å². The molecule has 3 fully saturated rings. The molecule has 1 aromatic carbocycles. The van der Waals surface area contributed by atoms with Crippen LogP contribution >= 0.6 is 0 Å². The molecule has 1 aromatic rings. The average molecular weight is 287 g/mol. The summed E-state index contributed by atoms with van der Waals surface area (Å²) in [7, 11) is 0. The minimum absolute atomic E-state index is 0.0616. The molecule has 0 radical (unpaired) electrons. The van der Waals surface area contributed by atoms with Crippen LogP contribution in [0.25, 0.3) is 0 Å². The Morgan fingerprint density at radius 3 is 2.86 bits per heavy atom. The highest BCUT2D eigenvalue weighted by molar-refractivity contribution is 5.89. The molecule has 5 heteroatoms. The fraction of sp³-hybridized carbons (Fsp3) is 0.500. The van der Waals surface area contributed by atoms with Crippen LogP contribution in [0.5, 0.6) is 0 Å². The molecule has 0 aliphatic carbocycles. The summed E-state index contributed by atoms with van der Waals surface area (Å²) in [5.74, 6) is -2.14. The Labute approximate surface area is 122 Å². The number of rotatable bonds is 3. The number of carbonyl (C=O) groups excluding carboxylic acids is 1. The molecule has 3 saturated heterocycles. The maximum absolute atomic E-state index is 12.7. The predicted octanol–water partition coefficient (Wildman–Crippen LogP) is 1.28. The number of fused-ring (bicyclic) bond motifs is 1. The zero-order valence-electron chi connectivity index (χ0n) is 11.6. The normalized spacial score (nSPS) is 37.0. The fourth-order valence-electron chi connectivity index (χ4n) is 4.26. The second-order valence-electron chi connectivity index (χ2n) is 6.28. The lowest BCUT2D eigenvalue weighted by molar-refractivity contribution is -0.149. The van der Waals surface area contributed by atoms with Crippen LogP contribution in [-0.4, -0.2) is 40.1 Å². The molecule has 1 amide bonds. The van der Waals surface area contributed by atoms with Crippen LogP contribution in [0, 0.1) is 11.8 Å². The Kier molecular flexibility index (Phi) is 2.63. The third-order valence-electron chi connectivity index (χ3n) is 5.10. The van der Waals surface area contributed by atoms with Gasteiger partial charge in [-0.2, -0.15) is 0 Å². The van der Waals surface area contributed by atoms with Gasteiger partial charge in [0.15, 0.2) is 0 Å². The fourth-order valence-corrected chi connectivity index (χ4v) is 4.26. The summed E-state index contributed by atoms with van der Waals surface area (Å²) in [4.78, 5) is 25.9. The molecule has 0 aromatic heterocycles. The van der Waals surface area contributed by atoms with Crippen LogP contribution in [-0.2, 0) is 20.9 Å². The van der Waals surface area contributed by atoms with Crippen molar-refractivity contribution in [1.29, 1.82) is 0 Å². The summed E-state index contributed by atoms with van der Waals surface area (Å²) in [6, 6.07) is 9.78. The van der Waals surface area contributed by atoms with Gasteiger partial charge in [0, 0.05) is 6.54 Å². The Morgan fingerprint density at radius 2 is 2.14 bits per heavy atom. The second-order valence-corrected chi connectivity index (χ2v) is 6.28. The van der Waals surface area contributed by atoms with E-state index in [-0.39, 0.29) is 12.0 Å². The van der Waals surface area contributed by atoms with E-state index in [1.54, 1.807) is 4.90 Å². The zero-order valence-corrected chi connectivity index (χ0v) is 11.6. The monoisotopic (exact) mass is 287 g/mol. The van der Waals surface area contributed by atoms with Gasteiger partial charge in [-0.05, 0) is 18.4 Å². The number of carboxylic acids is 1. The highest BCUT2D eigenvalue weighted by atomic mass is 16.5. The zero-order chi connectivity index (χ0) is 14.6. The third-order valence-corrected chi connectivity index (χ3v) is 5.10. The number of nitrogens with zero attached hydrogens (tertiary/aromatic N) is 1. The van der Waals surface area contributed by atoms with Crippen LogP contribution in [0.4, 0.5) is 0 Å². The number of carboxylic acid groups (broad SMARTS) is 1. The SMILES string of the molecule is O=C(O)[C@H]1[C@H]2C(=O)N(Cc3ccccc3)C[C@]23CC[C@H]1O3. The van der Waals surface area contributed by atoms with E-state index in [1.807, 2.05) is 30.3 Å². The molecule has 3 aliphatic rings. The van der Waals surface area contributed by atoms with Crippen LogP contribution in [0.1, 0.15) is 18.4 Å². The summed E-state index contributed by atoms with van der Waals surface area (Å²) in [6.07, 6.45) is 1.26. The van der Waals surface area contributed by atoms with Crippen molar-refractivity contribution in [2.75, 3.05) is 6.54 Å². The summed E-state index contributed by atoms with van der Waals surface area (Å²) >= 11 is 0. The van der Waals surface area contributed by atoms with E-state index >= 15 is 0 Å². The first-order chi connectivity index (χ1) is 10.1. The van der Waals surface area contributed by atoms with Gasteiger partial charge in [-0.15, -0.1) is 0 Å². The minimum atomic E-state index is -0.901. The van der Waals surface area contributed by atoms with Crippen molar-refractivity contribution in [3.8, 4) is 0 Å². The third kappa shape index (κ3) is 1.73. The van der Waals surface area contributed by atoms with Crippen molar-refractivity contribution in [2.24, 2.45) is 11.8 Å². The first-order valence-electron chi connectivity index (χ1n) is 7.34. The molecule has 21 heavy (non-hydrogen) atoms. The predicted molar refractivity (Wildman–Crippen MR) is 73.3 cm³/mol. The van der Waals surface area contributed by atoms with Crippen molar-refractivity contribution in [3.63, 3.8) is 0 Å². The lowest BCUT2D eigenvalue weighted by Gasteiger charge is -2.25. The van der Waals surface area contributed by atoms with E-state index in [0.29, 0.717) is 13.1 Å². The smallest absolute Gasteiger partial charge is 0.310 e. The second kappa shape index (κ2) is 4.31. The highest BCUT2D eigenvalue weighted by Gasteiger charge is 2.68.